The zero-order valence-corrected chi connectivity index (χ0v) is 10.0. The maximum Gasteiger partial charge on any atom is 0.0675 e. The molecule has 2 nitrogen and oxygen atoms in total. The van der Waals surface area contributed by atoms with Crippen LogP contribution in [0.25, 0.3) is 0 Å². The van der Waals surface area contributed by atoms with Gasteiger partial charge in [0.15, 0.2) is 0 Å². The molecule has 2 aliphatic rings. The van der Waals surface area contributed by atoms with E-state index in [2.05, 4.69) is 12.2 Å². The van der Waals surface area contributed by atoms with Crippen molar-refractivity contribution in [3.8, 4) is 0 Å². The molecule has 0 heterocycles. The Morgan fingerprint density at radius 1 is 1.07 bits per heavy atom. The van der Waals surface area contributed by atoms with Gasteiger partial charge >= 0.3 is 0 Å². The van der Waals surface area contributed by atoms with E-state index in [0.717, 1.165) is 12.6 Å². The van der Waals surface area contributed by atoms with Crippen LogP contribution in [0.3, 0.4) is 0 Å². The van der Waals surface area contributed by atoms with E-state index in [1.54, 1.807) is 0 Å². The summed E-state index contributed by atoms with van der Waals surface area (Å²) < 4.78 is 6.09. The first-order valence-electron chi connectivity index (χ1n) is 6.73. The highest BCUT2D eigenvalue weighted by Crippen LogP contribution is 2.21. The minimum Gasteiger partial charge on any atom is -0.374 e. The molecule has 0 spiro atoms. The third kappa shape index (κ3) is 4.52. The van der Waals surface area contributed by atoms with Crippen LogP contribution in [0.4, 0.5) is 0 Å². The van der Waals surface area contributed by atoms with E-state index in [1.807, 2.05) is 0 Å². The molecule has 1 N–H and O–H groups in total. The first-order valence-corrected chi connectivity index (χ1v) is 6.73. The number of hydrogen-bond acceptors (Lipinski definition) is 2. The van der Waals surface area contributed by atoms with E-state index in [-0.39, 0.29) is 0 Å². The molecule has 2 fully saturated rings. The molecule has 1 unspecified atom stereocenters. The monoisotopic (exact) mass is 211 g/mol. The molecule has 0 bridgehead atoms. The second-order valence-corrected chi connectivity index (χ2v) is 5.24. The average Bonchev–Trinajstić information content (AvgIpc) is 3.03. The van der Waals surface area contributed by atoms with Gasteiger partial charge in [-0.15, -0.1) is 0 Å². The van der Waals surface area contributed by atoms with Crippen molar-refractivity contribution in [2.24, 2.45) is 0 Å². The maximum absolute atomic E-state index is 6.09. The molecule has 2 saturated carbocycles. The number of hydrogen-bond donors (Lipinski definition) is 1. The molecule has 0 aliphatic heterocycles. The highest BCUT2D eigenvalue weighted by atomic mass is 16.5. The van der Waals surface area contributed by atoms with E-state index in [4.69, 9.17) is 4.74 Å². The van der Waals surface area contributed by atoms with Crippen LogP contribution in [0.2, 0.25) is 0 Å². The van der Waals surface area contributed by atoms with Gasteiger partial charge in [-0.2, -0.15) is 0 Å². The van der Waals surface area contributed by atoms with Crippen molar-refractivity contribution in [2.75, 3.05) is 6.54 Å². The normalized spacial score (nSPS) is 26.2. The second kappa shape index (κ2) is 5.86. The van der Waals surface area contributed by atoms with Crippen molar-refractivity contribution >= 4 is 0 Å². The van der Waals surface area contributed by atoms with Gasteiger partial charge in [0.1, 0.15) is 0 Å². The van der Waals surface area contributed by atoms with Crippen LogP contribution in [0.15, 0.2) is 0 Å². The third-order valence-corrected chi connectivity index (χ3v) is 3.50. The van der Waals surface area contributed by atoms with Gasteiger partial charge in [0.25, 0.3) is 0 Å². The fourth-order valence-electron chi connectivity index (χ4n) is 2.37. The van der Waals surface area contributed by atoms with Crippen molar-refractivity contribution in [1.29, 1.82) is 0 Å². The summed E-state index contributed by atoms with van der Waals surface area (Å²) in [5.41, 5.74) is 0. The van der Waals surface area contributed by atoms with Crippen molar-refractivity contribution in [3.05, 3.63) is 0 Å². The molecule has 2 rings (SSSR count). The second-order valence-electron chi connectivity index (χ2n) is 5.24. The molecule has 0 radical (unpaired) electrons. The predicted octanol–water partition coefficient (Wildman–Crippen LogP) is 2.87. The van der Waals surface area contributed by atoms with Gasteiger partial charge < -0.3 is 10.1 Å². The Bertz CT molecular complexity index is 171. The molecule has 0 saturated heterocycles. The molecule has 1 atom stereocenters. The molecule has 0 aromatic rings. The quantitative estimate of drug-likeness (QED) is 0.706. The highest BCUT2D eigenvalue weighted by Gasteiger charge is 2.22. The third-order valence-electron chi connectivity index (χ3n) is 3.50. The minimum atomic E-state index is 0.397. The summed E-state index contributed by atoms with van der Waals surface area (Å²) in [6.45, 7) is 3.25. The minimum absolute atomic E-state index is 0.397. The molecule has 0 aromatic heterocycles. The van der Waals surface area contributed by atoms with E-state index in [0.29, 0.717) is 12.2 Å². The lowest BCUT2D eigenvalue weighted by Crippen LogP contribution is -2.31. The molecule has 2 aliphatic carbocycles. The summed E-state index contributed by atoms with van der Waals surface area (Å²) in [6, 6.07) is 0.810. The van der Waals surface area contributed by atoms with E-state index < -0.39 is 0 Å². The number of nitrogens with one attached hydrogen (secondary N) is 1. The lowest BCUT2D eigenvalue weighted by Gasteiger charge is -2.21. The van der Waals surface area contributed by atoms with Gasteiger partial charge in [-0.3, -0.25) is 0 Å². The zero-order chi connectivity index (χ0) is 10.5. The number of rotatable bonds is 5. The molecule has 2 heteroatoms. The van der Waals surface area contributed by atoms with Crippen molar-refractivity contribution in [1.82, 2.24) is 5.32 Å². The standard InChI is InChI=1S/C13H25NO/c1-11(10-14-12-8-9-12)15-13-6-4-2-3-5-7-13/h11-14H,2-10H2,1H3. The summed E-state index contributed by atoms with van der Waals surface area (Å²) >= 11 is 0. The summed E-state index contributed by atoms with van der Waals surface area (Å²) in [7, 11) is 0. The van der Waals surface area contributed by atoms with Crippen molar-refractivity contribution in [2.45, 2.75) is 76.5 Å². The Morgan fingerprint density at radius 3 is 2.33 bits per heavy atom. The topological polar surface area (TPSA) is 21.3 Å². The van der Waals surface area contributed by atoms with Crippen LogP contribution in [-0.4, -0.2) is 24.8 Å². The maximum atomic E-state index is 6.09. The summed E-state index contributed by atoms with van der Waals surface area (Å²) in [4.78, 5) is 0. The lowest BCUT2D eigenvalue weighted by atomic mass is 10.1. The van der Waals surface area contributed by atoms with Gasteiger partial charge in [0.05, 0.1) is 12.2 Å². The summed E-state index contributed by atoms with van der Waals surface area (Å²) in [5, 5.41) is 3.54. The lowest BCUT2D eigenvalue weighted by molar-refractivity contribution is -0.00887. The van der Waals surface area contributed by atoms with E-state index in [9.17, 15) is 0 Å². The Balaban J connectivity index is 1.60. The van der Waals surface area contributed by atoms with Crippen LogP contribution in [0, 0.1) is 0 Å². The smallest absolute Gasteiger partial charge is 0.0675 e. The van der Waals surface area contributed by atoms with Crippen molar-refractivity contribution in [3.63, 3.8) is 0 Å². The van der Waals surface area contributed by atoms with Gasteiger partial charge in [-0.25, -0.2) is 0 Å². The van der Waals surface area contributed by atoms with Gasteiger partial charge in [0.2, 0.25) is 0 Å². The molecule has 0 amide bonds. The first kappa shape index (κ1) is 11.4. The molecular weight excluding hydrogens is 186 g/mol. The molecule has 15 heavy (non-hydrogen) atoms. The fraction of sp³-hybridized carbons (Fsp3) is 1.00. The molecular formula is C13H25NO. The predicted molar refractivity (Wildman–Crippen MR) is 63.1 cm³/mol. The van der Waals surface area contributed by atoms with Gasteiger partial charge in [-0.05, 0) is 32.6 Å². The zero-order valence-electron chi connectivity index (χ0n) is 10.0. The summed E-state index contributed by atoms with van der Waals surface area (Å²) in [6.07, 6.45) is 11.8. The van der Waals surface area contributed by atoms with Crippen LogP contribution < -0.4 is 5.32 Å². The average molecular weight is 211 g/mol. The Kier molecular flexibility index (Phi) is 4.45. The molecule has 0 aromatic carbocycles. The van der Waals surface area contributed by atoms with Crippen LogP contribution in [0.1, 0.15) is 58.3 Å². The van der Waals surface area contributed by atoms with Gasteiger partial charge in [-0.1, -0.05) is 25.7 Å². The summed E-state index contributed by atoms with van der Waals surface area (Å²) in [5.74, 6) is 0. The van der Waals surface area contributed by atoms with Gasteiger partial charge in [0, 0.05) is 12.6 Å². The van der Waals surface area contributed by atoms with Crippen molar-refractivity contribution < 1.29 is 4.74 Å². The Morgan fingerprint density at radius 2 is 1.73 bits per heavy atom. The first-order chi connectivity index (χ1) is 7.34. The van der Waals surface area contributed by atoms with E-state index in [1.165, 1.54) is 51.4 Å². The van der Waals surface area contributed by atoms with Crippen LogP contribution in [-0.2, 0) is 4.74 Å². The Labute approximate surface area is 93.8 Å². The SMILES string of the molecule is CC(CNC1CC1)OC1CCCCCC1. The molecule has 88 valence electrons. The fourth-order valence-corrected chi connectivity index (χ4v) is 2.37. The number of ether oxygens (including phenoxy) is 1. The highest BCUT2D eigenvalue weighted by molar-refractivity contribution is 4.81. The Hall–Kier alpha value is -0.0800. The van der Waals surface area contributed by atoms with Crippen LogP contribution >= 0.6 is 0 Å². The van der Waals surface area contributed by atoms with Crippen LogP contribution in [0.5, 0.6) is 0 Å². The largest absolute Gasteiger partial charge is 0.374 e. The van der Waals surface area contributed by atoms with E-state index >= 15 is 0 Å².